The summed E-state index contributed by atoms with van der Waals surface area (Å²) >= 11 is 5.62. The van der Waals surface area contributed by atoms with Gasteiger partial charge in [-0.2, -0.15) is 0 Å². The van der Waals surface area contributed by atoms with Gasteiger partial charge in [-0.1, -0.05) is 48.6 Å². The van der Waals surface area contributed by atoms with Crippen LogP contribution in [0.25, 0.3) is 0 Å². The van der Waals surface area contributed by atoms with Crippen LogP contribution in [0.4, 0.5) is 0 Å². The van der Waals surface area contributed by atoms with Crippen LogP contribution >= 0.6 is 12.2 Å². The van der Waals surface area contributed by atoms with Crippen molar-refractivity contribution in [3.8, 4) is 5.75 Å². The van der Waals surface area contributed by atoms with Crippen LogP contribution in [0.2, 0.25) is 0 Å². The fourth-order valence-electron chi connectivity index (χ4n) is 2.84. The summed E-state index contributed by atoms with van der Waals surface area (Å²) in [5.41, 5.74) is 3.73. The predicted octanol–water partition coefficient (Wildman–Crippen LogP) is 3.80. The van der Waals surface area contributed by atoms with E-state index < -0.39 is 0 Å². The van der Waals surface area contributed by atoms with E-state index in [9.17, 15) is 0 Å². The molecule has 20 heavy (non-hydrogen) atoms. The van der Waals surface area contributed by atoms with Gasteiger partial charge in [0.1, 0.15) is 10.7 Å². The van der Waals surface area contributed by atoms with Crippen LogP contribution in [0.15, 0.2) is 48.5 Å². The maximum atomic E-state index is 5.62. The minimum atomic E-state index is 0.217. The Morgan fingerprint density at radius 2 is 1.80 bits per heavy atom. The monoisotopic (exact) mass is 283 g/mol. The topological polar surface area (TPSA) is 12.5 Å². The second-order valence-corrected chi connectivity index (χ2v) is 5.24. The molecule has 3 heteroatoms. The zero-order chi connectivity index (χ0) is 14.1. The molecular weight excluding hydrogens is 266 g/mol. The standard InChI is InChI=1S/C17H17NOS/c1-3-18-16(12-8-10-13(19-2)11-9-12)14-6-4-5-7-15(14)17(18)20/h4-11,16H,3H2,1-2H3. The van der Waals surface area contributed by atoms with Gasteiger partial charge in [-0.3, -0.25) is 0 Å². The van der Waals surface area contributed by atoms with Gasteiger partial charge >= 0.3 is 0 Å². The summed E-state index contributed by atoms with van der Waals surface area (Å²) in [7, 11) is 1.69. The number of fused-ring (bicyclic) bond motifs is 1. The van der Waals surface area contributed by atoms with Gasteiger partial charge < -0.3 is 9.64 Å². The molecule has 1 atom stereocenters. The lowest BCUT2D eigenvalue weighted by Crippen LogP contribution is -2.27. The van der Waals surface area contributed by atoms with E-state index in [4.69, 9.17) is 17.0 Å². The third-order valence-corrected chi connectivity index (χ3v) is 4.28. The first-order valence-corrected chi connectivity index (χ1v) is 7.21. The average Bonchev–Trinajstić information content (AvgIpc) is 2.80. The van der Waals surface area contributed by atoms with Gasteiger partial charge in [0, 0.05) is 12.1 Å². The lowest BCUT2D eigenvalue weighted by atomic mass is 9.98. The van der Waals surface area contributed by atoms with Crippen molar-refractivity contribution in [1.82, 2.24) is 4.90 Å². The van der Waals surface area contributed by atoms with Gasteiger partial charge in [-0.25, -0.2) is 0 Å². The van der Waals surface area contributed by atoms with E-state index in [0.717, 1.165) is 17.3 Å². The molecule has 2 aromatic carbocycles. The van der Waals surface area contributed by atoms with Crippen molar-refractivity contribution in [3.63, 3.8) is 0 Å². The number of methoxy groups -OCH3 is 1. The zero-order valence-electron chi connectivity index (χ0n) is 11.7. The Labute approximate surface area is 125 Å². The number of hydrogen-bond acceptors (Lipinski definition) is 2. The number of rotatable bonds is 3. The SMILES string of the molecule is CCN1C(=S)c2ccccc2C1c1ccc(OC)cc1. The van der Waals surface area contributed by atoms with Gasteiger partial charge in [0.05, 0.1) is 13.2 Å². The van der Waals surface area contributed by atoms with E-state index in [1.807, 2.05) is 12.1 Å². The molecule has 102 valence electrons. The van der Waals surface area contributed by atoms with E-state index in [0.29, 0.717) is 0 Å². The maximum Gasteiger partial charge on any atom is 0.118 e. The van der Waals surface area contributed by atoms with Crippen LogP contribution in [0, 0.1) is 0 Å². The summed E-state index contributed by atoms with van der Waals surface area (Å²) in [4.78, 5) is 3.23. The summed E-state index contributed by atoms with van der Waals surface area (Å²) in [6, 6.07) is 16.9. The molecule has 1 heterocycles. The number of thiocarbonyl (C=S) groups is 1. The van der Waals surface area contributed by atoms with Gasteiger partial charge in [-0.15, -0.1) is 0 Å². The second kappa shape index (κ2) is 5.25. The normalized spacial score (nSPS) is 17.2. The molecule has 0 aliphatic carbocycles. The molecule has 0 radical (unpaired) electrons. The van der Waals surface area contributed by atoms with Gasteiger partial charge in [0.15, 0.2) is 0 Å². The van der Waals surface area contributed by atoms with Gasteiger partial charge in [-0.05, 0) is 30.2 Å². The highest BCUT2D eigenvalue weighted by atomic mass is 32.1. The lowest BCUT2D eigenvalue weighted by Gasteiger charge is -2.26. The Hall–Kier alpha value is -1.87. The van der Waals surface area contributed by atoms with E-state index in [2.05, 4.69) is 48.2 Å². The van der Waals surface area contributed by atoms with Crippen LogP contribution in [0.3, 0.4) is 0 Å². The molecule has 0 aromatic heterocycles. The molecule has 0 N–H and O–H groups in total. The Morgan fingerprint density at radius 3 is 2.45 bits per heavy atom. The number of hydrogen-bond donors (Lipinski definition) is 0. The molecule has 0 saturated carbocycles. The van der Waals surface area contributed by atoms with Crippen LogP contribution < -0.4 is 4.74 Å². The van der Waals surface area contributed by atoms with E-state index in [1.54, 1.807) is 7.11 Å². The average molecular weight is 283 g/mol. The van der Waals surface area contributed by atoms with Gasteiger partial charge in [0.25, 0.3) is 0 Å². The van der Waals surface area contributed by atoms with Crippen molar-refractivity contribution >= 4 is 17.2 Å². The summed E-state index contributed by atoms with van der Waals surface area (Å²) in [5, 5.41) is 0. The Morgan fingerprint density at radius 1 is 1.10 bits per heavy atom. The van der Waals surface area contributed by atoms with Gasteiger partial charge in [0.2, 0.25) is 0 Å². The van der Waals surface area contributed by atoms with E-state index in [-0.39, 0.29) is 6.04 Å². The van der Waals surface area contributed by atoms with Crippen molar-refractivity contribution in [2.45, 2.75) is 13.0 Å². The Kier molecular flexibility index (Phi) is 3.45. The lowest BCUT2D eigenvalue weighted by molar-refractivity contribution is 0.396. The van der Waals surface area contributed by atoms with Crippen molar-refractivity contribution in [2.24, 2.45) is 0 Å². The third-order valence-electron chi connectivity index (χ3n) is 3.83. The molecule has 2 nitrogen and oxygen atoms in total. The maximum absolute atomic E-state index is 5.62. The van der Waals surface area contributed by atoms with Crippen LogP contribution in [-0.4, -0.2) is 23.5 Å². The number of ether oxygens (including phenoxy) is 1. The molecule has 0 bridgehead atoms. The fraction of sp³-hybridized carbons (Fsp3) is 0.235. The largest absolute Gasteiger partial charge is 0.497 e. The summed E-state index contributed by atoms with van der Waals surface area (Å²) in [6.45, 7) is 3.05. The van der Waals surface area contributed by atoms with E-state index in [1.165, 1.54) is 16.7 Å². The molecule has 0 saturated heterocycles. The molecule has 0 spiro atoms. The molecule has 1 aliphatic heterocycles. The minimum Gasteiger partial charge on any atom is -0.497 e. The quantitative estimate of drug-likeness (QED) is 0.795. The molecule has 0 fully saturated rings. The zero-order valence-corrected chi connectivity index (χ0v) is 12.5. The summed E-state index contributed by atoms with van der Waals surface area (Å²) < 4.78 is 5.24. The van der Waals surface area contributed by atoms with Crippen molar-refractivity contribution in [3.05, 3.63) is 65.2 Å². The number of benzene rings is 2. The summed E-state index contributed by atoms with van der Waals surface area (Å²) in [6.07, 6.45) is 0. The van der Waals surface area contributed by atoms with Crippen LogP contribution in [0.1, 0.15) is 29.7 Å². The first kappa shape index (κ1) is 13.1. The number of nitrogens with zero attached hydrogens (tertiary/aromatic N) is 1. The third kappa shape index (κ3) is 1.98. The first-order chi connectivity index (χ1) is 9.76. The van der Waals surface area contributed by atoms with Crippen molar-refractivity contribution < 1.29 is 4.74 Å². The fourth-order valence-corrected chi connectivity index (χ4v) is 3.26. The molecular formula is C17H17NOS. The first-order valence-electron chi connectivity index (χ1n) is 6.80. The van der Waals surface area contributed by atoms with Crippen LogP contribution in [0.5, 0.6) is 5.75 Å². The van der Waals surface area contributed by atoms with Crippen molar-refractivity contribution in [2.75, 3.05) is 13.7 Å². The highest BCUT2D eigenvalue weighted by Crippen LogP contribution is 2.38. The molecule has 0 amide bonds. The van der Waals surface area contributed by atoms with E-state index >= 15 is 0 Å². The minimum absolute atomic E-state index is 0.217. The Balaban J connectivity index is 2.08. The smallest absolute Gasteiger partial charge is 0.118 e. The Bertz CT molecular complexity index is 636. The highest BCUT2D eigenvalue weighted by molar-refractivity contribution is 7.80. The highest BCUT2D eigenvalue weighted by Gasteiger charge is 2.33. The molecule has 1 aliphatic rings. The van der Waals surface area contributed by atoms with Crippen molar-refractivity contribution in [1.29, 1.82) is 0 Å². The molecule has 3 rings (SSSR count). The molecule has 2 aromatic rings. The van der Waals surface area contributed by atoms with Crippen LogP contribution in [-0.2, 0) is 0 Å². The predicted molar refractivity (Wildman–Crippen MR) is 85.4 cm³/mol. The summed E-state index contributed by atoms with van der Waals surface area (Å²) in [5.74, 6) is 0.880. The molecule has 1 unspecified atom stereocenters. The second-order valence-electron chi connectivity index (χ2n) is 4.85.